The molecule has 1 aromatic rings. The fourth-order valence-electron chi connectivity index (χ4n) is 1.84. The third-order valence-corrected chi connectivity index (χ3v) is 3.00. The Labute approximate surface area is 127 Å². The van der Waals surface area contributed by atoms with Gasteiger partial charge in [-0.25, -0.2) is 0 Å². The molecule has 1 atom stereocenters. The highest BCUT2D eigenvalue weighted by Gasteiger charge is 2.19. The predicted octanol–water partition coefficient (Wildman–Crippen LogP) is 1.26. The zero-order valence-electron chi connectivity index (χ0n) is 11.8. The highest BCUT2D eigenvalue weighted by atomic mass is 16.6. The Morgan fingerprint density at radius 2 is 2.14 bits per heavy atom. The lowest BCUT2D eigenvalue weighted by Gasteiger charge is -2.15. The second-order valence-corrected chi connectivity index (χ2v) is 4.64. The van der Waals surface area contributed by atoms with E-state index >= 15 is 0 Å². The SMILES string of the molecule is N#CCCCC[C@H](NC(=O)c1cccc([N+](=O)[O-])c1)C(N)=O. The number of hydrogen-bond donors (Lipinski definition) is 2. The molecule has 0 saturated carbocycles. The summed E-state index contributed by atoms with van der Waals surface area (Å²) in [7, 11) is 0. The van der Waals surface area contributed by atoms with E-state index in [-0.39, 0.29) is 11.3 Å². The standard InChI is InChI=1S/C14H16N4O4/c15-8-3-1-2-7-12(13(16)19)17-14(20)10-5-4-6-11(9-10)18(21)22/h4-6,9,12H,1-3,7H2,(H2,16,19)(H,17,20)/t12-/m0/s1. The number of carbonyl (C=O) groups excluding carboxylic acids is 2. The van der Waals surface area contributed by atoms with Crippen molar-refractivity contribution in [1.82, 2.24) is 5.32 Å². The highest BCUT2D eigenvalue weighted by molar-refractivity contribution is 5.97. The van der Waals surface area contributed by atoms with Crippen LogP contribution in [0.4, 0.5) is 5.69 Å². The molecule has 1 rings (SSSR count). The van der Waals surface area contributed by atoms with E-state index in [1.807, 2.05) is 6.07 Å². The van der Waals surface area contributed by atoms with E-state index in [9.17, 15) is 19.7 Å². The number of nitrogens with two attached hydrogens (primary N) is 1. The summed E-state index contributed by atoms with van der Waals surface area (Å²) in [4.78, 5) is 33.4. The molecule has 0 bridgehead atoms. The summed E-state index contributed by atoms with van der Waals surface area (Å²) in [5.74, 6) is -1.29. The maximum atomic E-state index is 12.0. The normalized spacial score (nSPS) is 11.2. The molecule has 0 aliphatic carbocycles. The molecule has 0 saturated heterocycles. The fraction of sp³-hybridized carbons (Fsp3) is 0.357. The summed E-state index contributed by atoms with van der Waals surface area (Å²) in [6.45, 7) is 0. The minimum absolute atomic E-state index is 0.0810. The molecule has 0 unspecified atom stereocenters. The second-order valence-electron chi connectivity index (χ2n) is 4.64. The van der Waals surface area contributed by atoms with E-state index in [0.717, 1.165) is 6.07 Å². The third kappa shape index (κ3) is 5.20. The Morgan fingerprint density at radius 3 is 2.73 bits per heavy atom. The molecule has 0 aromatic heterocycles. The van der Waals surface area contributed by atoms with E-state index in [4.69, 9.17) is 11.0 Å². The van der Waals surface area contributed by atoms with E-state index < -0.39 is 22.8 Å². The van der Waals surface area contributed by atoms with Crippen molar-refractivity contribution in [3.05, 3.63) is 39.9 Å². The number of unbranched alkanes of at least 4 members (excludes halogenated alkanes) is 2. The molecule has 0 spiro atoms. The van der Waals surface area contributed by atoms with E-state index in [2.05, 4.69) is 5.32 Å². The number of nitriles is 1. The number of benzene rings is 1. The monoisotopic (exact) mass is 304 g/mol. The summed E-state index contributed by atoms with van der Waals surface area (Å²) in [5, 5.41) is 21.6. The van der Waals surface area contributed by atoms with Gasteiger partial charge in [-0.3, -0.25) is 19.7 Å². The predicted molar refractivity (Wildman–Crippen MR) is 77.6 cm³/mol. The summed E-state index contributed by atoms with van der Waals surface area (Å²) in [6.07, 6.45) is 1.85. The molecular weight excluding hydrogens is 288 g/mol. The van der Waals surface area contributed by atoms with Crippen LogP contribution in [0.1, 0.15) is 36.0 Å². The first kappa shape index (κ1) is 17.1. The van der Waals surface area contributed by atoms with Crippen LogP contribution in [-0.2, 0) is 4.79 Å². The highest BCUT2D eigenvalue weighted by Crippen LogP contribution is 2.13. The van der Waals surface area contributed by atoms with Gasteiger partial charge in [0.05, 0.1) is 11.0 Å². The van der Waals surface area contributed by atoms with Crippen molar-refractivity contribution in [1.29, 1.82) is 5.26 Å². The average Bonchev–Trinajstić information content (AvgIpc) is 2.50. The lowest BCUT2D eigenvalue weighted by Crippen LogP contribution is -2.44. The Kier molecular flexibility index (Phi) is 6.50. The van der Waals surface area contributed by atoms with Crippen LogP contribution >= 0.6 is 0 Å². The molecule has 3 N–H and O–H groups in total. The zero-order chi connectivity index (χ0) is 16.5. The third-order valence-electron chi connectivity index (χ3n) is 3.00. The molecule has 8 heteroatoms. The summed E-state index contributed by atoms with van der Waals surface area (Å²) >= 11 is 0. The Bertz CT molecular complexity index is 609. The molecule has 0 heterocycles. The lowest BCUT2D eigenvalue weighted by atomic mass is 10.1. The number of nitro benzene ring substituents is 1. The first-order valence-electron chi connectivity index (χ1n) is 6.67. The van der Waals surface area contributed by atoms with Gasteiger partial charge < -0.3 is 11.1 Å². The number of non-ortho nitro benzene ring substituents is 1. The van der Waals surface area contributed by atoms with Crippen molar-refractivity contribution in [2.75, 3.05) is 0 Å². The Morgan fingerprint density at radius 1 is 1.41 bits per heavy atom. The molecular formula is C14H16N4O4. The van der Waals surface area contributed by atoms with Gasteiger partial charge in [-0.2, -0.15) is 5.26 Å². The van der Waals surface area contributed by atoms with Gasteiger partial charge in [-0.15, -0.1) is 0 Å². The number of nitrogens with one attached hydrogen (secondary N) is 1. The van der Waals surface area contributed by atoms with Gasteiger partial charge in [-0.1, -0.05) is 6.07 Å². The van der Waals surface area contributed by atoms with Crippen LogP contribution in [0.15, 0.2) is 24.3 Å². The molecule has 0 aliphatic rings. The van der Waals surface area contributed by atoms with Crippen LogP contribution in [0.5, 0.6) is 0 Å². The van der Waals surface area contributed by atoms with Gasteiger partial charge in [0.15, 0.2) is 0 Å². The number of hydrogen-bond acceptors (Lipinski definition) is 5. The summed E-state index contributed by atoms with van der Waals surface area (Å²) < 4.78 is 0. The maximum Gasteiger partial charge on any atom is 0.270 e. The molecule has 1 aromatic carbocycles. The van der Waals surface area contributed by atoms with Crippen LogP contribution < -0.4 is 11.1 Å². The molecule has 0 aliphatic heterocycles. The molecule has 0 fully saturated rings. The van der Waals surface area contributed by atoms with Crippen LogP contribution in [0.2, 0.25) is 0 Å². The Balaban J connectivity index is 2.71. The minimum Gasteiger partial charge on any atom is -0.368 e. The zero-order valence-corrected chi connectivity index (χ0v) is 11.8. The lowest BCUT2D eigenvalue weighted by molar-refractivity contribution is -0.384. The smallest absolute Gasteiger partial charge is 0.270 e. The topological polar surface area (TPSA) is 139 Å². The van der Waals surface area contributed by atoms with Gasteiger partial charge in [0.1, 0.15) is 6.04 Å². The van der Waals surface area contributed by atoms with Crippen molar-refractivity contribution in [2.24, 2.45) is 5.73 Å². The van der Waals surface area contributed by atoms with Gasteiger partial charge in [0.2, 0.25) is 5.91 Å². The number of nitro groups is 1. The second kappa shape index (κ2) is 8.36. The van der Waals surface area contributed by atoms with Gasteiger partial charge in [0, 0.05) is 24.1 Å². The van der Waals surface area contributed by atoms with Crippen molar-refractivity contribution < 1.29 is 14.5 Å². The van der Waals surface area contributed by atoms with Crippen molar-refractivity contribution in [3.63, 3.8) is 0 Å². The summed E-state index contributed by atoms with van der Waals surface area (Å²) in [5.41, 5.74) is 5.10. The fourth-order valence-corrected chi connectivity index (χ4v) is 1.84. The van der Waals surface area contributed by atoms with Gasteiger partial charge in [-0.05, 0) is 25.3 Å². The van der Waals surface area contributed by atoms with Crippen LogP contribution in [-0.4, -0.2) is 22.8 Å². The molecule has 2 amide bonds. The number of nitrogens with zero attached hydrogens (tertiary/aromatic N) is 2. The van der Waals surface area contributed by atoms with E-state index in [1.165, 1.54) is 18.2 Å². The maximum absolute atomic E-state index is 12.0. The van der Waals surface area contributed by atoms with E-state index in [1.54, 1.807) is 0 Å². The largest absolute Gasteiger partial charge is 0.368 e. The number of carbonyl (C=O) groups is 2. The van der Waals surface area contributed by atoms with Crippen molar-refractivity contribution >= 4 is 17.5 Å². The van der Waals surface area contributed by atoms with Crippen molar-refractivity contribution in [3.8, 4) is 6.07 Å². The molecule has 8 nitrogen and oxygen atoms in total. The molecule has 116 valence electrons. The number of rotatable bonds is 8. The number of amides is 2. The van der Waals surface area contributed by atoms with Gasteiger partial charge >= 0.3 is 0 Å². The van der Waals surface area contributed by atoms with Crippen LogP contribution in [0.25, 0.3) is 0 Å². The van der Waals surface area contributed by atoms with Gasteiger partial charge in [0.25, 0.3) is 11.6 Å². The van der Waals surface area contributed by atoms with E-state index in [0.29, 0.717) is 25.7 Å². The average molecular weight is 304 g/mol. The van der Waals surface area contributed by atoms with Crippen LogP contribution in [0, 0.1) is 21.4 Å². The Hall–Kier alpha value is -2.95. The van der Waals surface area contributed by atoms with Crippen LogP contribution in [0.3, 0.4) is 0 Å². The first-order chi connectivity index (χ1) is 10.5. The molecule has 22 heavy (non-hydrogen) atoms. The van der Waals surface area contributed by atoms with Crippen molar-refractivity contribution in [2.45, 2.75) is 31.7 Å². The minimum atomic E-state index is -0.870. The summed E-state index contributed by atoms with van der Waals surface area (Å²) in [6, 6.07) is 6.31. The molecule has 0 radical (unpaired) electrons. The number of primary amides is 1. The quantitative estimate of drug-likeness (QED) is 0.423. The first-order valence-corrected chi connectivity index (χ1v) is 6.67.